The summed E-state index contributed by atoms with van der Waals surface area (Å²) in [4.78, 5) is 16.6. The SMILES string of the molecule is Cc1ccc2oc(C(=O)NC(C)c3ccccc3)cc2n1. The van der Waals surface area contributed by atoms with Gasteiger partial charge in [-0.25, -0.2) is 4.98 Å². The van der Waals surface area contributed by atoms with E-state index in [1.807, 2.05) is 56.3 Å². The highest BCUT2D eigenvalue weighted by molar-refractivity contribution is 5.95. The summed E-state index contributed by atoms with van der Waals surface area (Å²) in [5.74, 6) is 0.0490. The van der Waals surface area contributed by atoms with Gasteiger partial charge in [0, 0.05) is 11.8 Å². The van der Waals surface area contributed by atoms with Crippen molar-refractivity contribution in [1.29, 1.82) is 0 Å². The minimum absolute atomic E-state index is 0.0818. The Morgan fingerprint density at radius 3 is 2.71 bits per heavy atom. The first-order valence-corrected chi connectivity index (χ1v) is 6.86. The molecule has 0 aliphatic rings. The number of furan rings is 1. The van der Waals surface area contributed by atoms with Gasteiger partial charge in [-0.05, 0) is 31.5 Å². The number of benzene rings is 1. The van der Waals surface area contributed by atoms with Crippen molar-refractivity contribution in [3.8, 4) is 0 Å². The molecule has 0 spiro atoms. The van der Waals surface area contributed by atoms with Gasteiger partial charge in [0.15, 0.2) is 11.3 Å². The lowest BCUT2D eigenvalue weighted by molar-refractivity contribution is 0.0914. The molecule has 21 heavy (non-hydrogen) atoms. The summed E-state index contributed by atoms with van der Waals surface area (Å²) in [7, 11) is 0. The molecule has 0 bridgehead atoms. The van der Waals surface area contributed by atoms with Gasteiger partial charge in [0.25, 0.3) is 5.91 Å². The lowest BCUT2D eigenvalue weighted by atomic mass is 10.1. The van der Waals surface area contributed by atoms with Crippen molar-refractivity contribution in [2.75, 3.05) is 0 Å². The van der Waals surface area contributed by atoms with Crippen LogP contribution in [0.1, 0.15) is 34.8 Å². The molecule has 0 radical (unpaired) electrons. The summed E-state index contributed by atoms with van der Waals surface area (Å²) in [6, 6.07) is 15.1. The quantitative estimate of drug-likeness (QED) is 0.797. The number of aryl methyl sites for hydroxylation is 1. The van der Waals surface area contributed by atoms with Crippen molar-refractivity contribution < 1.29 is 9.21 Å². The molecule has 4 heteroatoms. The maximum atomic E-state index is 12.3. The Morgan fingerprint density at radius 1 is 1.19 bits per heavy atom. The first kappa shape index (κ1) is 13.4. The molecule has 0 fully saturated rings. The van der Waals surface area contributed by atoms with Crippen molar-refractivity contribution in [1.82, 2.24) is 10.3 Å². The van der Waals surface area contributed by atoms with E-state index in [9.17, 15) is 4.79 Å². The van der Waals surface area contributed by atoms with E-state index < -0.39 is 0 Å². The van der Waals surface area contributed by atoms with Crippen molar-refractivity contribution in [2.45, 2.75) is 19.9 Å². The molecule has 1 amide bonds. The Hall–Kier alpha value is -2.62. The van der Waals surface area contributed by atoms with Crippen LogP contribution in [0.4, 0.5) is 0 Å². The van der Waals surface area contributed by atoms with Crippen LogP contribution in [0.5, 0.6) is 0 Å². The Balaban J connectivity index is 1.80. The number of carbonyl (C=O) groups is 1. The van der Waals surface area contributed by atoms with Gasteiger partial charge in [-0.1, -0.05) is 30.3 Å². The van der Waals surface area contributed by atoms with Gasteiger partial charge in [-0.2, -0.15) is 0 Å². The molecule has 0 aliphatic heterocycles. The Labute approximate surface area is 122 Å². The molecular weight excluding hydrogens is 264 g/mol. The van der Waals surface area contributed by atoms with Crippen LogP contribution < -0.4 is 5.32 Å². The van der Waals surface area contributed by atoms with E-state index in [0.29, 0.717) is 11.1 Å². The molecule has 1 N–H and O–H groups in total. The number of nitrogens with one attached hydrogen (secondary N) is 1. The fourth-order valence-electron chi connectivity index (χ4n) is 2.23. The van der Waals surface area contributed by atoms with E-state index in [1.165, 1.54) is 0 Å². The molecule has 1 atom stereocenters. The van der Waals surface area contributed by atoms with Gasteiger partial charge >= 0.3 is 0 Å². The Morgan fingerprint density at radius 2 is 1.95 bits per heavy atom. The highest BCUT2D eigenvalue weighted by Crippen LogP contribution is 2.19. The lowest BCUT2D eigenvalue weighted by Crippen LogP contribution is -2.26. The zero-order chi connectivity index (χ0) is 14.8. The average Bonchev–Trinajstić information content (AvgIpc) is 2.91. The molecule has 106 valence electrons. The molecule has 0 saturated carbocycles. The zero-order valence-corrected chi connectivity index (χ0v) is 12.0. The summed E-state index contributed by atoms with van der Waals surface area (Å²) >= 11 is 0. The number of aromatic nitrogens is 1. The predicted octanol–water partition coefficient (Wildman–Crippen LogP) is 3.63. The lowest BCUT2D eigenvalue weighted by Gasteiger charge is -2.12. The van der Waals surface area contributed by atoms with Crippen LogP contribution in [0, 0.1) is 6.92 Å². The third kappa shape index (κ3) is 2.79. The van der Waals surface area contributed by atoms with E-state index in [1.54, 1.807) is 6.07 Å². The normalized spacial score (nSPS) is 12.3. The van der Waals surface area contributed by atoms with E-state index in [-0.39, 0.29) is 17.7 Å². The van der Waals surface area contributed by atoms with E-state index in [2.05, 4.69) is 10.3 Å². The van der Waals surface area contributed by atoms with Crippen LogP contribution in [-0.2, 0) is 0 Å². The molecule has 3 aromatic rings. The summed E-state index contributed by atoms with van der Waals surface area (Å²) in [5.41, 5.74) is 3.27. The van der Waals surface area contributed by atoms with Gasteiger partial charge in [0.2, 0.25) is 0 Å². The number of carbonyl (C=O) groups excluding carboxylic acids is 1. The number of amides is 1. The maximum absolute atomic E-state index is 12.3. The number of nitrogens with zero attached hydrogens (tertiary/aromatic N) is 1. The first-order chi connectivity index (χ1) is 10.1. The van der Waals surface area contributed by atoms with Crippen LogP contribution in [-0.4, -0.2) is 10.9 Å². The van der Waals surface area contributed by atoms with Crippen LogP contribution >= 0.6 is 0 Å². The molecule has 3 rings (SSSR count). The second kappa shape index (κ2) is 5.40. The summed E-state index contributed by atoms with van der Waals surface area (Å²) in [6.07, 6.45) is 0. The second-order valence-electron chi connectivity index (χ2n) is 5.05. The van der Waals surface area contributed by atoms with Crippen LogP contribution in [0.3, 0.4) is 0 Å². The van der Waals surface area contributed by atoms with Gasteiger partial charge < -0.3 is 9.73 Å². The molecule has 1 aromatic carbocycles. The third-order valence-corrected chi connectivity index (χ3v) is 3.38. The van der Waals surface area contributed by atoms with Crippen molar-refractivity contribution in [3.63, 3.8) is 0 Å². The standard InChI is InChI=1S/C17H16N2O2/c1-11-8-9-15-14(18-11)10-16(21-15)17(20)19-12(2)13-6-4-3-5-7-13/h3-10,12H,1-2H3,(H,19,20). The van der Waals surface area contributed by atoms with Crippen LogP contribution in [0.25, 0.3) is 11.1 Å². The molecule has 0 saturated heterocycles. The first-order valence-electron chi connectivity index (χ1n) is 6.86. The van der Waals surface area contributed by atoms with Gasteiger partial charge in [0.1, 0.15) is 5.52 Å². The average molecular weight is 280 g/mol. The molecule has 1 unspecified atom stereocenters. The highest BCUT2D eigenvalue weighted by Gasteiger charge is 2.16. The monoisotopic (exact) mass is 280 g/mol. The maximum Gasteiger partial charge on any atom is 0.287 e. The highest BCUT2D eigenvalue weighted by atomic mass is 16.3. The van der Waals surface area contributed by atoms with Crippen molar-refractivity contribution >= 4 is 17.0 Å². The molecule has 0 aliphatic carbocycles. The Bertz CT molecular complexity index is 778. The number of pyridine rings is 1. The van der Waals surface area contributed by atoms with E-state index in [0.717, 1.165) is 11.3 Å². The predicted molar refractivity (Wildman–Crippen MR) is 81.1 cm³/mol. The fraction of sp³-hybridized carbons (Fsp3) is 0.176. The van der Waals surface area contributed by atoms with Gasteiger partial charge in [-0.15, -0.1) is 0 Å². The summed E-state index contributed by atoms with van der Waals surface area (Å²) < 4.78 is 5.55. The zero-order valence-electron chi connectivity index (χ0n) is 12.0. The van der Waals surface area contributed by atoms with E-state index in [4.69, 9.17) is 4.42 Å². The van der Waals surface area contributed by atoms with Crippen LogP contribution in [0.2, 0.25) is 0 Å². The number of hydrogen-bond acceptors (Lipinski definition) is 3. The third-order valence-electron chi connectivity index (χ3n) is 3.38. The fourth-order valence-corrected chi connectivity index (χ4v) is 2.23. The number of rotatable bonds is 3. The topological polar surface area (TPSA) is 55.1 Å². The molecule has 2 aromatic heterocycles. The van der Waals surface area contributed by atoms with Crippen molar-refractivity contribution in [2.24, 2.45) is 0 Å². The van der Waals surface area contributed by atoms with Gasteiger partial charge in [-0.3, -0.25) is 4.79 Å². The summed E-state index contributed by atoms with van der Waals surface area (Å²) in [6.45, 7) is 3.85. The number of fused-ring (bicyclic) bond motifs is 1. The number of hydrogen-bond donors (Lipinski definition) is 1. The van der Waals surface area contributed by atoms with Gasteiger partial charge in [0.05, 0.1) is 6.04 Å². The largest absolute Gasteiger partial charge is 0.449 e. The molecule has 2 heterocycles. The van der Waals surface area contributed by atoms with Crippen LogP contribution in [0.15, 0.2) is 52.9 Å². The van der Waals surface area contributed by atoms with E-state index >= 15 is 0 Å². The van der Waals surface area contributed by atoms with Crippen molar-refractivity contribution in [3.05, 3.63) is 65.5 Å². The minimum atomic E-state index is -0.234. The Kier molecular flexibility index (Phi) is 3.44. The summed E-state index contributed by atoms with van der Waals surface area (Å²) in [5, 5.41) is 2.93. The minimum Gasteiger partial charge on any atom is -0.449 e. The second-order valence-corrected chi connectivity index (χ2v) is 5.05. The smallest absolute Gasteiger partial charge is 0.287 e. The molecule has 4 nitrogen and oxygen atoms in total. The molecular formula is C17H16N2O2.